The van der Waals surface area contributed by atoms with Crippen LogP contribution in [0.1, 0.15) is 21.5 Å². The average molecular weight is 389 g/mol. The quantitative estimate of drug-likeness (QED) is 0.802. The highest BCUT2D eigenvalue weighted by atomic mass is 32.2. The van der Waals surface area contributed by atoms with Crippen molar-refractivity contribution >= 4 is 31.4 Å². The highest BCUT2D eigenvalue weighted by Crippen LogP contribution is 2.29. The summed E-state index contributed by atoms with van der Waals surface area (Å²) in [4.78, 5) is 12.2. The third-order valence-corrected chi connectivity index (χ3v) is 6.13. The van der Waals surface area contributed by atoms with Crippen molar-refractivity contribution in [2.45, 2.75) is 11.8 Å². The first-order chi connectivity index (χ1) is 12.1. The molecule has 8 heteroatoms. The van der Waals surface area contributed by atoms with Crippen LogP contribution in [0.4, 0.5) is 0 Å². The molecule has 0 spiro atoms. The molecule has 0 aromatic heterocycles. The van der Waals surface area contributed by atoms with Crippen LogP contribution < -0.4 is 0 Å². The maximum atomic E-state index is 12.9. The molecule has 2 aromatic carbocycles. The maximum Gasteiger partial charge on any atom is 0.250 e. The number of fused-ring (bicyclic) bond motifs is 1. The zero-order valence-electron chi connectivity index (χ0n) is 14.0. The lowest BCUT2D eigenvalue weighted by Gasteiger charge is -2.17. The predicted molar refractivity (Wildman–Crippen MR) is 98.6 cm³/mol. The lowest BCUT2D eigenvalue weighted by Crippen LogP contribution is -2.23. The Morgan fingerprint density at radius 2 is 1.42 bits per heavy atom. The summed E-state index contributed by atoms with van der Waals surface area (Å²) >= 11 is 0. The van der Waals surface area contributed by atoms with E-state index in [1.807, 2.05) is 6.92 Å². The third kappa shape index (κ3) is 3.38. The molecule has 3 rings (SSSR count). The van der Waals surface area contributed by atoms with Gasteiger partial charge in [0.1, 0.15) is 4.91 Å². The summed E-state index contributed by atoms with van der Waals surface area (Å²) in [5.41, 5.74) is 1.18. The Morgan fingerprint density at radius 3 is 2.00 bits per heavy atom. The van der Waals surface area contributed by atoms with Gasteiger partial charge >= 0.3 is 0 Å². The molecule has 1 aliphatic rings. The standard InChI is InChI=1S/C18H15NO5S2/c1-12-7-9-13(10-8-12)26(23,24)17-11-16(19-25(2,21)22)14-5-3-4-6-15(14)18(17)20/h3-11H,1-2H3. The van der Waals surface area contributed by atoms with E-state index >= 15 is 0 Å². The molecule has 1 aliphatic carbocycles. The van der Waals surface area contributed by atoms with Crippen molar-refractivity contribution in [1.29, 1.82) is 0 Å². The van der Waals surface area contributed by atoms with E-state index in [9.17, 15) is 21.6 Å². The highest BCUT2D eigenvalue weighted by Gasteiger charge is 2.33. The van der Waals surface area contributed by atoms with E-state index in [1.54, 1.807) is 24.3 Å². The molecule has 0 amide bonds. The van der Waals surface area contributed by atoms with Gasteiger partial charge in [0.2, 0.25) is 15.6 Å². The van der Waals surface area contributed by atoms with Crippen molar-refractivity contribution in [1.82, 2.24) is 0 Å². The summed E-state index contributed by atoms with van der Waals surface area (Å²) in [6.07, 6.45) is 1.93. The Bertz CT molecular complexity index is 1170. The van der Waals surface area contributed by atoms with Crippen molar-refractivity contribution in [2.24, 2.45) is 4.40 Å². The van der Waals surface area contributed by atoms with Crippen LogP contribution in [0, 0.1) is 6.92 Å². The Balaban J connectivity index is 2.26. The van der Waals surface area contributed by atoms with Gasteiger partial charge in [-0.15, -0.1) is 0 Å². The number of carbonyl (C=O) groups is 1. The van der Waals surface area contributed by atoms with Crippen molar-refractivity contribution in [3.8, 4) is 0 Å². The van der Waals surface area contributed by atoms with E-state index < -0.39 is 30.5 Å². The monoisotopic (exact) mass is 389 g/mol. The van der Waals surface area contributed by atoms with Crippen LogP contribution in [0.5, 0.6) is 0 Å². The van der Waals surface area contributed by atoms with Gasteiger partial charge in [0.15, 0.2) is 0 Å². The normalized spacial score (nSPS) is 16.3. The number of hydrogen-bond donors (Lipinski definition) is 0. The second-order valence-corrected chi connectivity index (χ2v) is 9.48. The number of allylic oxidation sites excluding steroid dienone is 2. The summed E-state index contributed by atoms with van der Waals surface area (Å²) in [6, 6.07) is 12.3. The number of benzene rings is 2. The van der Waals surface area contributed by atoms with Gasteiger partial charge in [0.05, 0.1) is 16.9 Å². The van der Waals surface area contributed by atoms with Crippen molar-refractivity contribution in [2.75, 3.05) is 6.26 Å². The van der Waals surface area contributed by atoms with Crippen LogP contribution in [0.15, 0.2) is 68.8 Å². The first-order valence-electron chi connectivity index (χ1n) is 7.57. The second-order valence-electron chi connectivity index (χ2n) is 5.91. The maximum absolute atomic E-state index is 12.9. The molecule has 134 valence electrons. The van der Waals surface area contributed by atoms with E-state index in [1.165, 1.54) is 24.3 Å². The zero-order valence-corrected chi connectivity index (χ0v) is 15.6. The van der Waals surface area contributed by atoms with E-state index in [0.717, 1.165) is 17.9 Å². The fourth-order valence-corrected chi connectivity index (χ4v) is 4.48. The lowest BCUT2D eigenvalue weighted by atomic mass is 9.94. The van der Waals surface area contributed by atoms with E-state index in [-0.39, 0.29) is 21.7 Å². The van der Waals surface area contributed by atoms with Crippen molar-refractivity contribution in [3.63, 3.8) is 0 Å². The molecule has 0 heterocycles. The number of sulfonamides is 1. The summed E-state index contributed by atoms with van der Waals surface area (Å²) in [6.45, 7) is 1.81. The van der Waals surface area contributed by atoms with Crippen molar-refractivity contribution < 1.29 is 21.6 Å². The minimum atomic E-state index is -4.12. The molecule has 0 aliphatic heterocycles. The van der Waals surface area contributed by atoms with Crippen LogP contribution in [-0.4, -0.2) is 34.6 Å². The number of carbonyl (C=O) groups excluding carboxylic acids is 1. The number of nitrogens with zero attached hydrogens (tertiary/aromatic N) is 1. The molecule has 0 radical (unpaired) electrons. The largest absolute Gasteiger partial charge is 0.288 e. The number of Topliss-reactive ketones (excluding diaryl/α,β-unsaturated/α-hetero) is 1. The van der Waals surface area contributed by atoms with Gasteiger partial charge < -0.3 is 0 Å². The molecule has 6 nitrogen and oxygen atoms in total. The minimum Gasteiger partial charge on any atom is -0.288 e. The van der Waals surface area contributed by atoms with Gasteiger partial charge in [0, 0.05) is 11.1 Å². The van der Waals surface area contributed by atoms with Gasteiger partial charge in [-0.25, -0.2) is 16.8 Å². The van der Waals surface area contributed by atoms with E-state index in [0.29, 0.717) is 0 Å². The predicted octanol–water partition coefficient (Wildman–Crippen LogP) is 2.30. The first-order valence-corrected chi connectivity index (χ1v) is 10.9. The highest BCUT2D eigenvalue weighted by molar-refractivity contribution is 7.96. The SMILES string of the molecule is Cc1ccc(S(=O)(=O)C2=CC(=NS(C)(=O)=O)c3ccccc3C2=O)cc1. The van der Waals surface area contributed by atoms with Crippen LogP contribution in [0.3, 0.4) is 0 Å². The lowest BCUT2D eigenvalue weighted by molar-refractivity contribution is 0.104. The molecule has 0 unspecified atom stereocenters. The molecule has 0 atom stereocenters. The minimum absolute atomic E-state index is 0.0409. The van der Waals surface area contributed by atoms with Crippen LogP contribution in [0.25, 0.3) is 0 Å². The van der Waals surface area contributed by atoms with Crippen LogP contribution in [-0.2, 0) is 19.9 Å². The number of ketones is 1. The van der Waals surface area contributed by atoms with Gasteiger partial charge in [-0.2, -0.15) is 4.40 Å². The molecule has 26 heavy (non-hydrogen) atoms. The molecule has 0 fully saturated rings. The number of aryl methyl sites for hydroxylation is 1. The fraction of sp³-hybridized carbons (Fsp3) is 0.111. The summed E-state index contributed by atoms with van der Waals surface area (Å²) in [7, 11) is -7.91. The molecular formula is C18H15NO5S2. The Kier molecular flexibility index (Phi) is 4.41. The third-order valence-electron chi connectivity index (χ3n) is 3.82. The van der Waals surface area contributed by atoms with Gasteiger partial charge in [0.25, 0.3) is 10.0 Å². The summed E-state index contributed by atoms with van der Waals surface area (Å²) < 4.78 is 52.7. The average Bonchev–Trinajstić information content (AvgIpc) is 2.56. The van der Waals surface area contributed by atoms with Crippen LogP contribution in [0.2, 0.25) is 0 Å². The molecule has 0 N–H and O–H groups in total. The number of hydrogen-bond acceptors (Lipinski definition) is 5. The molecule has 2 aromatic rings. The Morgan fingerprint density at radius 1 is 0.846 bits per heavy atom. The smallest absolute Gasteiger partial charge is 0.250 e. The summed E-state index contributed by atoms with van der Waals surface area (Å²) in [5.74, 6) is -0.686. The second kappa shape index (κ2) is 6.30. The topological polar surface area (TPSA) is 97.7 Å². The van der Waals surface area contributed by atoms with Gasteiger partial charge in [-0.05, 0) is 25.1 Å². The molecular weight excluding hydrogens is 374 g/mol. The van der Waals surface area contributed by atoms with Gasteiger partial charge in [-0.1, -0.05) is 42.0 Å². The Labute approximate surface area is 151 Å². The van der Waals surface area contributed by atoms with Crippen LogP contribution >= 0.6 is 0 Å². The first kappa shape index (κ1) is 18.2. The summed E-state index contributed by atoms with van der Waals surface area (Å²) in [5, 5.41) is 0. The Hall–Kier alpha value is -2.58. The number of sulfone groups is 1. The zero-order chi connectivity index (χ0) is 19.1. The molecule has 0 saturated heterocycles. The van der Waals surface area contributed by atoms with Gasteiger partial charge in [-0.3, -0.25) is 4.79 Å². The van der Waals surface area contributed by atoms with Crippen molar-refractivity contribution in [3.05, 3.63) is 76.2 Å². The fourth-order valence-electron chi connectivity index (χ4n) is 2.60. The molecule has 0 saturated carbocycles. The number of rotatable bonds is 3. The molecule has 0 bridgehead atoms. The van der Waals surface area contributed by atoms with E-state index in [4.69, 9.17) is 0 Å². The van der Waals surface area contributed by atoms with E-state index in [2.05, 4.69) is 4.40 Å².